The van der Waals surface area contributed by atoms with Crippen molar-refractivity contribution in [3.8, 4) is 0 Å². The lowest BCUT2D eigenvalue weighted by atomic mass is 10.0. The van der Waals surface area contributed by atoms with E-state index in [1.807, 2.05) is 0 Å². The van der Waals surface area contributed by atoms with Gasteiger partial charge in [0.05, 0.1) is 6.04 Å². The normalized spacial score (nSPS) is 12.5. The smallest absolute Gasteiger partial charge is 0.151 e. The van der Waals surface area contributed by atoms with Gasteiger partial charge in [0, 0.05) is 26.2 Å². The van der Waals surface area contributed by atoms with E-state index in [1.54, 1.807) is 0 Å². The molecule has 0 saturated carbocycles. The number of nitrogens with two attached hydrogens (primary N) is 1. The molecule has 0 heterocycles. The summed E-state index contributed by atoms with van der Waals surface area (Å²) in [5.41, 5.74) is 2.63. The van der Waals surface area contributed by atoms with Gasteiger partial charge in [0.2, 0.25) is 0 Å². The zero-order chi connectivity index (χ0) is 17.2. The number of aliphatic hydroxyl groups excluding tert-OH is 1. The monoisotopic (exact) mass is 330 g/mol. The van der Waals surface area contributed by atoms with Crippen molar-refractivity contribution in [3.05, 3.63) is 0 Å². The third-order valence-corrected chi connectivity index (χ3v) is 4.09. The maximum atomic E-state index is 12.1. The number of hydrogen-bond donors (Lipinski definition) is 3. The lowest BCUT2D eigenvalue weighted by molar-refractivity contribution is -0.121. The second kappa shape index (κ2) is 17.9. The molecule has 0 rings (SSSR count). The fraction of sp³-hybridized carbons (Fsp3) is 0.944. The molecule has 0 aromatic heterocycles. The molecule has 0 fully saturated rings. The Morgan fingerprint density at radius 3 is 2.22 bits per heavy atom. The maximum absolute atomic E-state index is 12.1. The number of aliphatic hydroxyl groups is 1. The first-order valence-electron chi connectivity index (χ1n) is 9.43. The highest BCUT2D eigenvalue weighted by Crippen LogP contribution is 2.11. The summed E-state index contributed by atoms with van der Waals surface area (Å²) in [6, 6.07) is -0.249. The summed E-state index contributed by atoms with van der Waals surface area (Å²) in [6.45, 7) is 3.57. The molecule has 1 atom stereocenters. The lowest BCUT2D eigenvalue weighted by Gasteiger charge is -2.14. The molecular formula is C18H38N2O3. The van der Waals surface area contributed by atoms with Crippen LogP contribution in [0.25, 0.3) is 0 Å². The van der Waals surface area contributed by atoms with E-state index in [0.29, 0.717) is 32.5 Å². The largest absolute Gasteiger partial charge is 0.396 e. The van der Waals surface area contributed by atoms with Gasteiger partial charge in [-0.05, 0) is 25.7 Å². The zero-order valence-electron chi connectivity index (χ0n) is 15.0. The van der Waals surface area contributed by atoms with Crippen LogP contribution in [-0.2, 0) is 9.53 Å². The SMILES string of the molecule is CCCCCCCCCCC(=O)C(CCCOCCCO)NN. The number of rotatable bonds is 18. The summed E-state index contributed by atoms with van der Waals surface area (Å²) in [5.74, 6) is 5.71. The first kappa shape index (κ1) is 22.5. The Kier molecular flexibility index (Phi) is 17.5. The third-order valence-electron chi connectivity index (χ3n) is 4.09. The van der Waals surface area contributed by atoms with Crippen LogP contribution in [0.15, 0.2) is 0 Å². The van der Waals surface area contributed by atoms with Crippen molar-refractivity contribution < 1.29 is 14.6 Å². The van der Waals surface area contributed by atoms with E-state index in [9.17, 15) is 4.79 Å². The van der Waals surface area contributed by atoms with Gasteiger partial charge in [0.25, 0.3) is 0 Å². The molecule has 0 aromatic carbocycles. The van der Waals surface area contributed by atoms with Crippen LogP contribution in [0.4, 0.5) is 0 Å². The maximum Gasteiger partial charge on any atom is 0.151 e. The predicted molar refractivity (Wildman–Crippen MR) is 95.1 cm³/mol. The second-order valence-electron chi connectivity index (χ2n) is 6.24. The van der Waals surface area contributed by atoms with Gasteiger partial charge in [-0.1, -0.05) is 51.9 Å². The summed E-state index contributed by atoms with van der Waals surface area (Å²) in [7, 11) is 0. The van der Waals surface area contributed by atoms with Gasteiger partial charge in [0.15, 0.2) is 5.78 Å². The first-order valence-corrected chi connectivity index (χ1v) is 9.43. The van der Waals surface area contributed by atoms with Crippen LogP contribution in [-0.4, -0.2) is 36.8 Å². The molecule has 0 radical (unpaired) electrons. The van der Waals surface area contributed by atoms with Crippen molar-refractivity contribution in [1.82, 2.24) is 5.43 Å². The Morgan fingerprint density at radius 1 is 1.00 bits per heavy atom. The van der Waals surface area contributed by atoms with Gasteiger partial charge >= 0.3 is 0 Å². The van der Waals surface area contributed by atoms with Crippen LogP contribution in [0, 0.1) is 0 Å². The molecule has 138 valence electrons. The second-order valence-corrected chi connectivity index (χ2v) is 6.24. The third kappa shape index (κ3) is 14.8. The van der Waals surface area contributed by atoms with Crippen LogP contribution >= 0.6 is 0 Å². The molecule has 0 saturated heterocycles. The van der Waals surface area contributed by atoms with Crippen molar-refractivity contribution in [2.24, 2.45) is 5.84 Å². The molecule has 0 aliphatic heterocycles. The molecule has 0 bridgehead atoms. The van der Waals surface area contributed by atoms with Gasteiger partial charge in [-0.15, -0.1) is 0 Å². The molecule has 0 amide bonds. The number of hydrogen-bond acceptors (Lipinski definition) is 5. The van der Waals surface area contributed by atoms with Crippen molar-refractivity contribution in [3.63, 3.8) is 0 Å². The van der Waals surface area contributed by atoms with Gasteiger partial charge < -0.3 is 9.84 Å². The summed E-state index contributed by atoms with van der Waals surface area (Å²) < 4.78 is 5.36. The summed E-state index contributed by atoms with van der Waals surface area (Å²) >= 11 is 0. The molecule has 4 N–H and O–H groups in total. The van der Waals surface area contributed by atoms with Crippen LogP contribution in [0.5, 0.6) is 0 Å². The van der Waals surface area contributed by atoms with Crippen molar-refractivity contribution in [2.75, 3.05) is 19.8 Å². The van der Waals surface area contributed by atoms with Gasteiger partial charge in [0.1, 0.15) is 0 Å². The molecule has 0 aliphatic carbocycles. The fourth-order valence-electron chi connectivity index (χ4n) is 2.60. The Hall–Kier alpha value is -0.490. The first-order chi connectivity index (χ1) is 11.3. The molecule has 1 unspecified atom stereocenters. The van der Waals surface area contributed by atoms with Gasteiger partial charge in [-0.3, -0.25) is 10.6 Å². The number of Topliss-reactive ketones (excluding diaryl/α,β-unsaturated/α-hetero) is 1. The highest BCUT2D eigenvalue weighted by molar-refractivity contribution is 5.83. The van der Waals surface area contributed by atoms with E-state index in [4.69, 9.17) is 15.7 Å². The Morgan fingerprint density at radius 2 is 1.61 bits per heavy atom. The number of carbonyl (C=O) groups is 1. The molecule has 0 aromatic rings. The van der Waals surface area contributed by atoms with Crippen LogP contribution < -0.4 is 11.3 Å². The van der Waals surface area contributed by atoms with Crippen molar-refractivity contribution in [2.45, 2.75) is 90.0 Å². The van der Waals surface area contributed by atoms with Crippen molar-refractivity contribution >= 4 is 5.78 Å². The summed E-state index contributed by atoms with van der Waals surface area (Å²) in [5, 5.41) is 8.65. The van der Waals surface area contributed by atoms with E-state index < -0.39 is 0 Å². The van der Waals surface area contributed by atoms with E-state index in [0.717, 1.165) is 19.3 Å². The minimum atomic E-state index is -0.249. The zero-order valence-corrected chi connectivity index (χ0v) is 15.0. The number of nitrogens with one attached hydrogen (secondary N) is 1. The average Bonchev–Trinajstić information content (AvgIpc) is 2.56. The summed E-state index contributed by atoms with van der Waals surface area (Å²) in [6.07, 6.45) is 12.7. The molecule has 5 nitrogen and oxygen atoms in total. The highest BCUT2D eigenvalue weighted by atomic mass is 16.5. The van der Waals surface area contributed by atoms with E-state index in [2.05, 4.69) is 12.3 Å². The number of ketones is 1. The number of ether oxygens (including phenoxy) is 1. The van der Waals surface area contributed by atoms with Crippen LogP contribution in [0.3, 0.4) is 0 Å². The molecule has 23 heavy (non-hydrogen) atoms. The Balaban J connectivity index is 3.53. The Bertz CT molecular complexity index is 263. The highest BCUT2D eigenvalue weighted by Gasteiger charge is 2.15. The van der Waals surface area contributed by atoms with Crippen LogP contribution in [0.2, 0.25) is 0 Å². The molecular weight excluding hydrogens is 292 g/mol. The van der Waals surface area contributed by atoms with Crippen LogP contribution in [0.1, 0.15) is 84.0 Å². The molecule has 0 spiro atoms. The standard InChI is InChI=1S/C18H38N2O3/c1-2-3-4-5-6-7-8-9-13-18(22)17(20-19)12-10-15-23-16-11-14-21/h17,20-21H,2-16,19H2,1H3. The number of hydrazine groups is 1. The summed E-state index contributed by atoms with van der Waals surface area (Å²) in [4.78, 5) is 12.1. The van der Waals surface area contributed by atoms with E-state index in [-0.39, 0.29) is 18.4 Å². The predicted octanol–water partition coefficient (Wildman–Crippen LogP) is 3.10. The van der Waals surface area contributed by atoms with E-state index in [1.165, 1.54) is 38.5 Å². The van der Waals surface area contributed by atoms with E-state index >= 15 is 0 Å². The average molecular weight is 331 g/mol. The van der Waals surface area contributed by atoms with Crippen molar-refractivity contribution in [1.29, 1.82) is 0 Å². The molecule has 5 heteroatoms. The molecule has 0 aliphatic rings. The lowest BCUT2D eigenvalue weighted by Crippen LogP contribution is -2.41. The minimum Gasteiger partial charge on any atom is -0.396 e. The number of carbonyl (C=O) groups excluding carboxylic acids is 1. The quantitative estimate of drug-likeness (QED) is 0.204. The number of unbranched alkanes of at least 4 members (excludes halogenated alkanes) is 7. The minimum absolute atomic E-state index is 0.157. The topological polar surface area (TPSA) is 84.6 Å². The van der Waals surface area contributed by atoms with Gasteiger partial charge in [-0.25, -0.2) is 5.43 Å². The Labute approximate surface area is 142 Å². The fourth-order valence-corrected chi connectivity index (χ4v) is 2.60. The van der Waals surface area contributed by atoms with Gasteiger partial charge in [-0.2, -0.15) is 0 Å².